The van der Waals surface area contributed by atoms with E-state index in [0.29, 0.717) is 12.0 Å². The molecule has 3 rings (SSSR count). The van der Waals surface area contributed by atoms with E-state index in [-0.39, 0.29) is 18.2 Å². The number of esters is 1. The summed E-state index contributed by atoms with van der Waals surface area (Å²) in [6.45, 7) is 5.59. The van der Waals surface area contributed by atoms with Crippen LogP contribution in [0.1, 0.15) is 59.3 Å². The second-order valence-electron chi connectivity index (χ2n) is 7.56. The number of hydrogen-bond acceptors (Lipinski definition) is 3. The van der Waals surface area contributed by atoms with Gasteiger partial charge in [0.15, 0.2) is 0 Å². The lowest BCUT2D eigenvalue weighted by Gasteiger charge is -2.52. The lowest BCUT2D eigenvalue weighted by atomic mass is 9.57. The van der Waals surface area contributed by atoms with Gasteiger partial charge in [-0.2, -0.15) is 0 Å². The van der Waals surface area contributed by atoms with Crippen molar-refractivity contribution in [1.82, 2.24) is 0 Å². The highest BCUT2D eigenvalue weighted by atomic mass is 16.7. The van der Waals surface area contributed by atoms with Crippen molar-refractivity contribution in [3.05, 3.63) is 0 Å². The molecule has 0 saturated heterocycles. The van der Waals surface area contributed by atoms with Crippen LogP contribution in [0.3, 0.4) is 0 Å². The Balaban J connectivity index is 1.66. The molecule has 3 bridgehead atoms. The van der Waals surface area contributed by atoms with E-state index in [1.165, 1.54) is 45.4 Å². The molecule has 0 amide bonds. The lowest BCUT2D eigenvalue weighted by Crippen LogP contribution is -2.47. The minimum Gasteiger partial charge on any atom is -0.436 e. The Morgan fingerprint density at radius 1 is 1.00 bits per heavy atom. The minimum atomic E-state index is -0.366. The van der Waals surface area contributed by atoms with Crippen LogP contribution in [0.25, 0.3) is 0 Å². The molecule has 0 heterocycles. The van der Waals surface area contributed by atoms with Gasteiger partial charge in [0.1, 0.15) is 0 Å². The molecule has 0 aromatic carbocycles. The fraction of sp³-hybridized carbons (Fsp3) is 0.941. The Bertz CT molecular complexity index is 363. The summed E-state index contributed by atoms with van der Waals surface area (Å²) < 4.78 is 11.6. The van der Waals surface area contributed by atoms with Gasteiger partial charge < -0.3 is 9.47 Å². The molecule has 3 aliphatic rings. The van der Waals surface area contributed by atoms with Gasteiger partial charge in [-0.05, 0) is 55.8 Å². The Kier molecular flexibility index (Phi) is 4.07. The van der Waals surface area contributed by atoms with Crippen molar-refractivity contribution >= 4 is 5.97 Å². The molecule has 0 radical (unpaired) electrons. The molecule has 3 heteroatoms. The summed E-state index contributed by atoms with van der Waals surface area (Å²) >= 11 is 0. The molecule has 0 aromatic rings. The molecule has 0 spiro atoms. The van der Waals surface area contributed by atoms with Gasteiger partial charge in [-0.1, -0.05) is 20.3 Å². The van der Waals surface area contributed by atoms with Crippen LogP contribution < -0.4 is 0 Å². The van der Waals surface area contributed by atoms with E-state index >= 15 is 0 Å². The average Bonchev–Trinajstić information content (AvgIpc) is 2.37. The normalized spacial score (nSPS) is 40.7. The third kappa shape index (κ3) is 2.88. The summed E-state index contributed by atoms with van der Waals surface area (Å²) in [6.07, 6.45) is 8.10. The molecule has 6 atom stereocenters. The van der Waals surface area contributed by atoms with Crippen molar-refractivity contribution in [2.24, 2.45) is 29.6 Å². The van der Waals surface area contributed by atoms with E-state index in [2.05, 4.69) is 13.8 Å². The molecule has 3 nitrogen and oxygen atoms in total. The van der Waals surface area contributed by atoms with Gasteiger partial charge in [0.05, 0.1) is 6.10 Å². The van der Waals surface area contributed by atoms with Crippen LogP contribution in [0.5, 0.6) is 0 Å². The number of rotatable bonds is 4. The van der Waals surface area contributed by atoms with Crippen LogP contribution in [0.15, 0.2) is 0 Å². The van der Waals surface area contributed by atoms with Gasteiger partial charge >= 0.3 is 5.97 Å². The van der Waals surface area contributed by atoms with Crippen molar-refractivity contribution in [1.29, 1.82) is 0 Å². The van der Waals surface area contributed by atoms with Crippen LogP contribution in [-0.2, 0) is 14.3 Å². The van der Waals surface area contributed by atoms with Crippen molar-refractivity contribution in [2.45, 2.75) is 71.7 Å². The third-order valence-electron chi connectivity index (χ3n) is 5.69. The molecule has 114 valence electrons. The summed E-state index contributed by atoms with van der Waals surface area (Å²) in [6, 6.07) is 0. The van der Waals surface area contributed by atoms with Gasteiger partial charge in [0.25, 0.3) is 0 Å². The SMILES string of the molecule is CC(=O)OC(OC1CC2CCC3CC2CC1C3)C(C)C. The standard InChI is InChI=1S/C17H28O3/c1-10(2)17(19-11(3)18)20-16-9-13-5-4-12-6-14(13)8-15(16)7-12/h10,12-17H,4-9H2,1-3H3. The molecule has 0 aromatic heterocycles. The number of ether oxygens (including phenoxy) is 2. The largest absolute Gasteiger partial charge is 0.436 e. The number of fused-ring (bicyclic) bond motifs is 2. The predicted molar refractivity (Wildman–Crippen MR) is 76.9 cm³/mol. The third-order valence-corrected chi connectivity index (χ3v) is 5.69. The molecule has 3 fully saturated rings. The highest BCUT2D eigenvalue weighted by Crippen LogP contribution is 2.53. The highest BCUT2D eigenvalue weighted by molar-refractivity contribution is 5.66. The zero-order valence-corrected chi connectivity index (χ0v) is 13.0. The van der Waals surface area contributed by atoms with Gasteiger partial charge in [-0.25, -0.2) is 0 Å². The fourth-order valence-electron chi connectivity index (χ4n) is 4.77. The molecule has 3 saturated carbocycles. The topological polar surface area (TPSA) is 35.5 Å². The first kappa shape index (κ1) is 14.4. The van der Waals surface area contributed by atoms with Gasteiger partial charge in [0.2, 0.25) is 6.29 Å². The first-order valence-corrected chi connectivity index (χ1v) is 8.35. The van der Waals surface area contributed by atoms with E-state index in [0.717, 1.165) is 17.8 Å². The first-order valence-electron chi connectivity index (χ1n) is 8.35. The summed E-state index contributed by atoms with van der Waals surface area (Å²) in [5.41, 5.74) is 0. The van der Waals surface area contributed by atoms with Crippen molar-refractivity contribution in [3.63, 3.8) is 0 Å². The molecule has 3 aliphatic carbocycles. The Labute approximate surface area is 122 Å². The Morgan fingerprint density at radius 3 is 2.45 bits per heavy atom. The molecule has 6 unspecified atom stereocenters. The Hall–Kier alpha value is -0.570. The van der Waals surface area contributed by atoms with E-state index < -0.39 is 0 Å². The van der Waals surface area contributed by atoms with Gasteiger partial charge in [0, 0.05) is 12.8 Å². The zero-order chi connectivity index (χ0) is 14.3. The van der Waals surface area contributed by atoms with Crippen molar-refractivity contribution in [3.8, 4) is 0 Å². The van der Waals surface area contributed by atoms with Gasteiger partial charge in [-0.15, -0.1) is 0 Å². The Morgan fingerprint density at radius 2 is 1.75 bits per heavy atom. The highest BCUT2D eigenvalue weighted by Gasteiger charge is 2.46. The molecule has 0 aliphatic heterocycles. The minimum absolute atomic E-state index is 0.220. The second kappa shape index (κ2) is 5.67. The maximum Gasteiger partial charge on any atom is 0.304 e. The quantitative estimate of drug-likeness (QED) is 0.581. The van der Waals surface area contributed by atoms with E-state index in [1.807, 2.05) is 0 Å². The lowest BCUT2D eigenvalue weighted by molar-refractivity contribution is -0.221. The van der Waals surface area contributed by atoms with E-state index in [4.69, 9.17) is 9.47 Å². The molecule has 0 N–H and O–H groups in total. The van der Waals surface area contributed by atoms with Crippen LogP contribution in [0.2, 0.25) is 0 Å². The summed E-state index contributed by atoms with van der Waals surface area (Å²) in [5.74, 6) is 3.44. The average molecular weight is 280 g/mol. The van der Waals surface area contributed by atoms with Crippen LogP contribution in [0.4, 0.5) is 0 Å². The first-order chi connectivity index (χ1) is 9.52. The number of hydrogen-bond donors (Lipinski definition) is 0. The maximum atomic E-state index is 11.2. The predicted octanol–water partition coefficient (Wildman–Crippen LogP) is 3.76. The molecule has 20 heavy (non-hydrogen) atoms. The number of carbonyl (C=O) groups is 1. The zero-order valence-electron chi connectivity index (χ0n) is 13.0. The van der Waals surface area contributed by atoms with Crippen LogP contribution in [-0.4, -0.2) is 18.4 Å². The van der Waals surface area contributed by atoms with E-state index in [1.54, 1.807) is 0 Å². The molecular formula is C17H28O3. The summed E-state index contributed by atoms with van der Waals surface area (Å²) in [5, 5.41) is 0. The van der Waals surface area contributed by atoms with E-state index in [9.17, 15) is 4.79 Å². The maximum absolute atomic E-state index is 11.2. The van der Waals surface area contributed by atoms with Crippen molar-refractivity contribution in [2.75, 3.05) is 0 Å². The second-order valence-corrected chi connectivity index (χ2v) is 7.56. The van der Waals surface area contributed by atoms with Crippen LogP contribution >= 0.6 is 0 Å². The number of carbonyl (C=O) groups excluding carboxylic acids is 1. The summed E-state index contributed by atoms with van der Waals surface area (Å²) in [4.78, 5) is 11.2. The van der Waals surface area contributed by atoms with Gasteiger partial charge in [-0.3, -0.25) is 4.79 Å². The van der Waals surface area contributed by atoms with Crippen LogP contribution in [0, 0.1) is 29.6 Å². The van der Waals surface area contributed by atoms with Crippen molar-refractivity contribution < 1.29 is 14.3 Å². The smallest absolute Gasteiger partial charge is 0.304 e. The summed E-state index contributed by atoms with van der Waals surface area (Å²) in [7, 11) is 0. The monoisotopic (exact) mass is 280 g/mol. The fourth-order valence-corrected chi connectivity index (χ4v) is 4.77. The molecular weight excluding hydrogens is 252 g/mol.